The van der Waals surface area contributed by atoms with Gasteiger partial charge in [0.25, 0.3) is 0 Å². The third kappa shape index (κ3) is 4.81. The van der Waals surface area contributed by atoms with E-state index in [-0.39, 0.29) is 11.2 Å². The first-order chi connectivity index (χ1) is 7.61. The fourth-order valence-electron chi connectivity index (χ4n) is 1.02. The zero-order valence-corrected chi connectivity index (χ0v) is 10.7. The number of hydrogen-bond acceptors (Lipinski definition) is 5. The predicted molar refractivity (Wildman–Crippen MR) is 64.4 cm³/mol. The predicted octanol–water partition coefficient (Wildman–Crippen LogP) is 2.31. The van der Waals surface area contributed by atoms with E-state index in [0.29, 0.717) is 17.3 Å². The highest BCUT2D eigenvalue weighted by Gasteiger charge is 2.10. The molecule has 16 heavy (non-hydrogen) atoms. The van der Waals surface area contributed by atoms with Crippen molar-refractivity contribution in [2.45, 2.75) is 24.3 Å². The Morgan fingerprint density at radius 1 is 1.56 bits per heavy atom. The largest absolute Gasteiger partial charge is 0.469 e. The molecule has 1 atom stereocenters. The van der Waals surface area contributed by atoms with Gasteiger partial charge in [-0.15, -0.1) is 0 Å². The molecule has 0 N–H and O–H groups in total. The van der Waals surface area contributed by atoms with Gasteiger partial charge in [-0.2, -0.15) is 11.8 Å². The quantitative estimate of drug-likeness (QED) is 0.761. The first-order valence-corrected chi connectivity index (χ1v) is 6.19. The average molecular weight is 261 g/mol. The summed E-state index contributed by atoms with van der Waals surface area (Å²) in [4.78, 5) is 19.0. The first-order valence-electron chi connectivity index (χ1n) is 4.76. The van der Waals surface area contributed by atoms with Crippen molar-refractivity contribution in [3.8, 4) is 0 Å². The number of ether oxygens (including phenoxy) is 1. The van der Waals surface area contributed by atoms with Crippen molar-refractivity contribution in [2.24, 2.45) is 0 Å². The number of esters is 1. The van der Waals surface area contributed by atoms with Crippen LogP contribution >= 0.6 is 23.4 Å². The van der Waals surface area contributed by atoms with Gasteiger partial charge < -0.3 is 4.74 Å². The number of nitrogens with zero attached hydrogens (tertiary/aromatic N) is 2. The molecule has 0 aliphatic carbocycles. The van der Waals surface area contributed by atoms with Gasteiger partial charge in [0.2, 0.25) is 0 Å². The van der Waals surface area contributed by atoms with E-state index in [1.54, 1.807) is 18.0 Å². The molecule has 0 spiro atoms. The van der Waals surface area contributed by atoms with Crippen LogP contribution in [0.5, 0.6) is 0 Å². The van der Waals surface area contributed by atoms with Crippen LogP contribution in [0.25, 0.3) is 0 Å². The minimum absolute atomic E-state index is 0.192. The second kappa shape index (κ2) is 6.70. The van der Waals surface area contributed by atoms with Crippen molar-refractivity contribution in [1.82, 2.24) is 9.97 Å². The molecule has 0 bridgehead atoms. The molecule has 0 saturated carbocycles. The van der Waals surface area contributed by atoms with Gasteiger partial charge in [0.05, 0.1) is 31.6 Å². The van der Waals surface area contributed by atoms with E-state index in [0.717, 1.165) is 5.69 Å². The lowest BCUT2D eigenvalue weighted by Gasteiger charge is -2.08. The summed E-state index contributed by atoms with van der Waals surface area (Å²) < 4.78 is 4.59. The SMILES string of the molecule is COC(=O)CC(C)SCc1cnc(Cl)cn1. The number of thioether (sulfide) groups is 1. The highest BCUT2D eigenvalue weighted by atomic mass is 35.5. The summed E-state index contributed by atoms with van der Waals surface area (Å²) in [6.45, 7) is 1.98. The highest BCUT2D eigenvalue weighted by Crippen LogP contribution is 2.19. The standard InChI is InChI=1S/C10H13ClN2O2S/c1-7(3-10(14)15-2)16-6-8-4-13-9(11)5-12-8/h4-5,7H,3,6H2,1-2H3. The van der Waals surface area contributed by atoms with E-state index in [9.17, 15) is 4.79 Å². The summed E-state index contributed by atoms with van der Waals surface area (Å²) in [7, 11) is 1.39. The van der Waals surface area contributed by atoms with Crippen molar-refractivity contribution in [3.05, 3.63) is 23.2 Å². The molecule has 0 aromatic carbocycles. The molecule has 1 aromatic rings. The number of hydrogen-bond donors (Lipinski definition) is 0. The van der Waals surface area contributed by atoms with Gasteiger partial charge in [-0.05, 0) is 0 Å². The maximum atomic E-state index is 11.0. The molecule has 4 nitrogen and oxygen atoms in total. The van der Waals surface area contributed by atoms with Gasteiger partial charge in [-0.1, -0.05) is 18.5 Å². The summed E-state index contributed by atoms with van der Waals surface area (Å²) in [5.74, 6) is 0.518. The molecule has 1 heterocycles. The average Bonchev–Trinajstić information content (AvgIpc) is 2.28. The molecular formula is C10H13ClN2O2S. The van der Waals surface area contributed by atoms with Crippen molar-refractivity contribution in [2.75, 3.05) is 7.11 Å². The minimum atomic E-state index is -0.192. The van der Waals surface area contributed by atoms with Gasteiger partial charge in [0, 0.05) is 11.0 Å². The molecular weight excluding hydrogens is 248 g/mol. The Morgan fingerprint density at radius 3 is 2.88 bits per heavy atom. The molecule has 0 radical (unpaired) electrons. The topological polar surface area (TPSA) is 52.1 Å². The van der Waals surface area contributed by atoms with Gasteiger partial charge in [0.1, 0.15) is 5.15 Å². The van der Waals surface area contributed by atoms with E-state index in [4.69, 9.17) is 11.6 Å². The van der Waals surface area contributed by atoms with E-state index < -0.39 is 0 Å². The molecule has 88 valence electrons. The molecule has 1 aromatic heterocycles. The Morgan fingerprint density at radius 2 is 2.31 bits per heavy atom. The molecule has 0 fully saturated rings. The zero-order chi connectivity index (χ0) is 12.0. The molecule has 0 amide bonds. The summed E-state index contributed by atoms with van der Waals surface area (Å²) >= 11 is 7.25. The fraction of sp³-hybridized carbons (Fsp3) is 0.500. The normalized spacial score (nSPS) is 12.2. The maximum Gasteiger partial charge on any atom is 0.306 e. The second-order valence-electron chi connectivity index (χ2n) is 3.23. The third-order valence-electron chi connectivity index (χ3n) is 1.87. The summed E-state index contributed by atoms with van der Waals surface area (Å²) in [6, 6.07) is 0. The Bertz CT molecular complexity index is 345. The van der Waals surface area contributed by atoms with Crippen LogP contribution in [0.1, 0.15) is 19.0 Å². The third-order valence-corrected chi connectivity index (χ3v) is 3.26. The second-order valence-corrected chi connectivity index (χ2v) is 5.05. The van der Waals surface area contributed by atoms with E-state index in [1.165, 1.54) is 13.3 Å². The molecule has 0 aliphatic heterocycles. The van der Waals surface area contributed by atoms with Crippen molar-refractivity contribution in [3.63, 3.8) is 0 Å². The van der Waals surface area contributed by atoms with Crippen LogP contribution in [0.15, 0.2) is 12.4 Å². The number of rotatable bonds is 5. The van der Waals surface area contributed by atoms with Crippen LogP contribution in [-0.2, 0) is 15.3 Å². The van der Waals surface area contributed by atoms with Crippen molar-refractivity contribution in [1.29, 1.82) is 0 Å². The summed E-state index contributed by atoms with van der Waals surface area (Å²) in [6.07, 6.45) is 3.56. The van der Waals surface area contributed by atoms with Crippen LogP contribution < -0.4 is 0 Å². The highest BCUT2D eigenvalue weighted by molar-refractivity contribution is 7.99. The lowest BCUT2D eigenvalue weighted by Crippen LogP contribution is -2.08. The van der Waals surface area contributed by atoms with Crippen LogP contribution in [0, 0.1) is 0 Å². The fourth-order valence-corrected chi connectivity index (χ4v) is 1.97. The van der Waals surface area contributed by atoms with Crippen molar-refractivity contribution < 1.29 is 9.53 Å². The number of halogens is 1. The van der Waals surface area contributed by atoms with E-state index >= 15 is 0 Å². The van der Waals surface area contributed by atoms with Crippen LogP contribution in [0.3, 0.4) is 0 Å². The number of aromatic nitrogens is 2. The lowest BCUT2D eigenvalue weighted by atomic mass is 10.3. The van der Waals surface area contributed by atoms with Crippen molar-refractivity contribution >= 4 is 29.3 Å². The van der Waals surface area contributed by atoms with E-state index in [1.807, 2.05) is 6.92 Å². The lowest BCUT2D eigenvalue weighted by molar-refractivity contribution is -0.140. The van der Waals surface area contributed by atoms with Gasteiger partial charge in [-0.3, -0.25) is 9.78 Å². The molecule has 1 rings (SSSR count). The zero-order valence-electron chi connectivity index (χ0n) is 9.14. The minimum Gasteiger partial charge on any atom is -0.469 e. The van der Waals surface area contributed by atoms with Gasteiger partial charge in [0.15, 0.2) is 0 Å². The van der Waals surface area contributed by atoms with Crippen LogP contribution in [0.2, 0.25) is 5.15 Å². The Kier molecular flexibility index (Phi) is 5.55. The molecule has 1 unspecified atom stereocenters. The van der Waals surface area contributed by atoms with Gasteiger partial charge >= 0.3 is 5.97 Å². The maximum absolute atomic E-state index is 11.0. The first kappa shape index (κ1) is 13.3. The molecule has 0 saturated heterocycles. The number of methoxy groups -OCH3 is 1. The Hall–Kier alpha value is -0.810. The van der Waals surface area contributed by atoms with Crippen LogP contribution in [-0.4, -0.2) is 28.3 Å². The Balaban J connectivity index is 2.34. The number of carbonyl (C=O) groups excluding carboxylic acids is 1. The summed E-state index contributed by atoms with van der Waals surface area (Å²) in [5, 5.41) is 0.585. The molecule has 0 aliphatic rings. The monoisotopic (exact) mass is 260 g/mol. The van der Waals surface area contributed by atoms with Crippen LogP contribution in [0.4, 0.5) is 0 Å². The summed E-state index contributed by atoms with van der Waals surface area (Å²) in [5.41, 5.74) is 0.853. The van der Waals surface area contributed by atoms with E-state index in [2.05, 4.69) is 14.7 Å². The number of carbonyl (C=O) groups is 1. The van der Waals surface area contributed by atoms with Gasteiger partial charge in [-0.25, -0.2) is 4.98 Å². The smallest absolute Gasteiger partial charge is 0.306 e. The molecule has 6 heteroatoms. The Labute approximate surface area is 104 Å².